The zero-order chi connectivity index (χ0) is 14.5. The lowest BCUT2D eigenvalue weighted by Gasteiger charge is -2.26. The van der Waals surface area contributed by atoms with Gasteiger partial charge in [0, 0.05) is 31.4 Å². The molecule has 1 aromatic carbocycles. The van der Waals surface area contributed by atoms with Crippen LogP contribution in [0.5, 0.6) is 0 Å². The minimum absolute atomic E-state index is 0.230. The van der Waals surface area contributed by atoms with Crippen LogP contribution in [0.4, 0.5) is 11.5 Å². The van der Waals surface area contributed by atoms with Gasteiger partial charge in [0.1, 0.15) is 12.1 Å². The van der Waals surface area contributed by atoms with Gasteiger partial charge in [-0.05, 0) is 36.6 Å². The highest BCUT2D eigenvalue weighted by Crippen LogP contribution is 2.21. The number of piperidine rings is 1. The van der Waals surface area contributed by atoms with Crippen LogP contribution in [0, 0.1) is 0 Å². The predicted molar refractivity (Wildman–Crippen MR) is 82.0 cm³/mol. The Morgan fingerprint density at radius 3 is 2.71 bits per heavy atom. The predicted octanol–water partition coefficient (Wildman–Crippen LogP) is 2.61. The quantitative estimate of drug-likeness (QED) is 0.936. The van der Waals surface area contributed by atoms with Gasteiger partial charge < -0.3 is 10.2 Å². The van der Waals surface area contributed by atoms with Crippen molar-refractivity contribution < 1.29 is 4.79 Å². The van der Waals surface area contributed by atoms with E-state index in [0.29, 0.717) is 13.0 Å². The first-order valence-corrected chi connectivity index (χ1v) is 7.22. The number of aromatic nitrogens is 2. The monoisotopic (exact) mass is 282 g/mol. The maximum Gasteiger partial charge on any atom is 0.226 e. The summed E-state index contributed by atoms with van der Waals surface area (Å²) in [5.74, 6) is 1.04. The molecule has 0 aliphatic carbocycles. The number of nitrogens with one attached hydrogen (secondary N) is 1. The highest BCUT2D eigenvalue weighted by atomic mass is 16.2. The Labute approximate surface area is 124 Å². The average Bonchev–Trinajstić information content (AvgIpc) is 2.55. The lowest BCUT2D eigenvalue weighted by molar-refractivity contribution is -0.119. The van der Waals surface area contributed by atoms with Gasteiger partial charge in [0.25, 0.3) is 0 Å². The van der Waals surface area contributed by atoms with Gasteiger partial charge in [-0.1, -0.05) is 12.1 Å². The Hall–Kier alpha value is -2.43. The van der Waals surface area contributed by atoms with Gasteiger partial charge in [0.2, 0.25) is 5.91 Å². The summed E-state index contributed by atoms with van der Waals surface area (Å²) in [6, 6.07) is 9.96. The molecular formula is C16H18N4O. The number of carbonyl (C=O) groups excluding carboxylic acids is 1. The highest BCUT2D eigenvalue weighted by molar-refractivity contribution is 5.93. The molecule has 0 unspecified atom stereocenters. The number of amides is 1. The molecule has 0 radical (unpaired) electrons. The smallest absolute Gasteiger partial charge is 0.226 e. The third kappa shape index (κ3) is 3.37. The largest absolute Gasteiger partial charge is 0.366 e. The number of hydrogen-bond acceptors (Lipinski definition) is 4. The van der Waals surface area contributed by atoms with E-state index in [0.717, 1.165) is 36.5 Å². The van der Waals surface area contributed by atoms with Crippen LogP contribution < -0.4 is 10.2 Å². The van der Waals surface area contributed by atoms with Crippen molar-refractivity contribution in [3.05, 3.63) is 48.4 Å². The summed E-state index contributed by atoms with van der Waals surface area (Å²) < 4.78 is 0. The summed E-state index contributed by atoms with van der Waals surface area (Å²) >= 11 is 0. The maximum atomic E-state index is 11.9. The third-order valence-electron chi connectivity index (χ3n) is 3.63. The minimum Gasteiger partial charge on any atom is -0.366 e. The van der Waals surface area contributed by atoms with Crippen molar-refractivity contribution in [1.82, 2.24) is 9.97 Å². The number of anilines is 2. The first kappa shape index (κ1) is 13.5. The second-order valence-corrected chi connectivity index (χ2v) is 5.12. The van der Waals surface area contributed by atoms with E-state index >= 15 is 0 Å². The molecule has 5 nitrogen and oxygen atoms in total. The molecule has 0 saturated carbocycles. The number of nitrogens with zero attached hydrogens (tertiary/aromatic N) is 3. The zero-order valence-electron chi connectivity index (χ0n) is 11.8. The molecule has 0 bridgehead atoms. The minimum atomic E-state index is 0.230. The van der Waals surface area contributed by atoms with Crippen LogP contribution in [0.1, 0.15) is 24.8 Å². The molecule has 21 heavy (non-hydrogen) atoms. The molecule has 1 amide bonds. The van der Waals surface area contributed by atoms with Crippen LogP contribution in [0.15, 0.2) is 42.9 Å². The molecule has 1 aromatic heterocycles. The number of benzene rings is 1. The molecular weight excluding hydrogens is 264 g/mol. The van der Waals surface area contributed by atoms with E-state index in [-0.39, 0.29) is 5.91 Å². The molecule has 2 aromatic rings. The second kappa shape index (κ2) is 6.35. The van der Waals surface area contributed by atoms with Crippen LogP contribution in [-0.4, -0.2) is 22.4 Å². The zero-order valence-corrected chi connectivity index (χ0v) is 11.8. The number of rotatable bonds is 4. The van der Waals surface area contributed by atoms with E-state index in [1.807, 2.05) is 35.2 Å². The summed E-state index contributed by atoms with van der Waals surface area (Å²) in [6.45, 7) is 1.53. The topological polar surface area (TPSA) is 58.1 Å². The fraction of sp³-hybridized carbons (Fsp3) is 0.312. The van der Waals surface area contributed by atoms with Gasteiger partial charge >= 0.3 is 0 Å². The standard InChI is InChI=1S/C16H18N4O/c21-16-3-1-2-10-20(16)14-6-4-13(5-7-14)11-18-15-8-9-17-12-19-15/h4-9,12H,1-3,10-11H2,(H,17,18,19). The van der Waals surface area contributed by atoms with Crippen molar-refractivity contribution in [3.8, 4) is 0 Å². The van der Waals surface area contributed by atoms with E-state index in [1.54, 1.807) is 6.20 Å². The average molecular weight is 282 g/mol. The van der Waals surface area contributed by atoms with Crippen LogP contribution in [-0.2, 0) is 11.3 Å². The fourth-order valence-electron chi connectivity index (χ4n) is 2.46. The van der Waals surface area contributed by atoms with Gasteiger partial charge in [0.05, 0.1) is 0 Å². The molecule has 2 heterocycles. The molecule has 1 fully saturated rings. The van der Waals surface area contributed by atoms with E-state index < -0.39 is 0 Å². The van der Waals surface area contributed by atoms with E-state index in [1.165, 1.54) is 6.33 Å². The Balaban J connectivity index is 1.62. The van der Waals surface area contributed by atoms with Crippen molar-refractivity contribution in [2.45, 2.75) is 25.8 Å². The molecule has 1 N–H and O–H groups in total. The van der Waals surface area contributed by atoms with E-state index in [9.17, 15) is 4.79 Å². The lowest BCUT2D eigenvalue weighted by atomic mass is 10.1. The van der Waals surface area contributed by atoms with Gasteiger partial charge in [-0.25, -0.2) is 9.97 Å². The van der Waals surface area contributed by atoms with Gasteiger partial charge in [0.15, 0.2) is 0 Å². The van der Waals surface area contributed by atoms with Crippen molar-refractivity contribution in [1.29, 1.82) is 0 Å². The summed E-state index contributed by atoms with van der Waals surface area (Å²) in [7, 11) is 0. The van der Waals surface area contributed by atoms with Crippen LogP contribution in [0.25, 0.3) is 0 Å². The summed E-state index contributed by atoms with van der Waals surface area (Å²) in [5, 5.41) is 3.24. The molecule has 0 atom stereocenters. The molecule has 1 aliphatic heterocycles. The Morgan fingerprint density at radius 1 is 1.14 bits per heavy atom. The van der Waals surface area contributed by atoms with Crippen molar-refractivity contribution in [2.75, 3.05) is 16.8 Å². The Kier molecular flexibility index (Phi) is 4.09. The molecule has 1 aliphatic rings. The molecule has 5 heteroatoms. The van der Waals surface area contributed by atoms with Crippen LogP contribution in [0.2, 0.25) is 0 Å². The molecule has 3 rings (SSSR count). The van der Waals surface area contributed by atoms with Crippen molar-refractivity contribution >= 4 is 17.4 Å². The van der Waals surface area contributed by atoms with Gasteiger partial charge in [-0.2, -0.15) is 0 Å². The fourth-order valence-corrected chi connectivity index (χ4v) is 2.46. The molecule has 0 spiro atoms. The molecule has 1 saturated heterocycles. The summed E-state index contributed by atoms with van der Waals surface area (Å²) in [5.41, 5.74) is 2.15. The van der Waals surface area contributed by atoms with E-state index in [2.05, 4.69) is 15.3 Å². The number of hydrogen-bond donors (Lipinski definition) is 1. The van der Waals surface area contributed by atoms with Crippen molar-refractivity contribution in [2.24, 2.45) is 0 Å². The van der Waals surface area contributed by atoms with E-state index in [4.69, 9.17) is 0 Å². The Bertz CT molecular complexity index is 597. The SMILES string of the molecule is O=C1CCCCN1c1ccc(CNc2ccncn2)cc1. The summed E-state index contributed by atoms with van der Waals surface area (Å²) in [4.78, 5) is 21.8. The van der Waals surface area contributed by atoms with Gasteiger partial charge in [-0.15, -0.1) is 0 Å². The lowest BCUT2D eigenvalue weighted by Crippen LogP contribution is -2.35. The summed E-state index contributed by atoms with van der Waals surface area (Å²) in [6.07, 6.45) is 5.99. The number of carbonyl (C=O) groups is 1. The first-order valence-electron chi connectivity index (χ1n) is 7.22. The second-order valence-electron chi connectivity index (χ2n) is 5.12. The molecule has 108 valence electrons. The normalized spacial score (nSPS) is 15.0. The van der Waals surface area contributed by atoms with Gasteiger partial charge in [-0.3, -0.25) is 4.79 Å². The highest BCUT2D eigenvalue weighted by Gasteiger charge is 2.19. The van der Waals surface area contributed by atoms with Crippen molar-refractivity contribution in [3.63, 3.8) is 0 Å². The first-order chi connectivity index (χ1) is 10.3. The van der Waals surface area contributed by atoms with Crippen LogP contribution >= 0.6 is 0 Å². The third-order valence-corrected chi connectivity index (χ3v) is 3.63. The van der Waals surface area contributed by atoms with Crippen LogP contribution in [0.3, 0.4) is 0 Å². The Morgan fingerprint density at radius 2 is 2.00 bits per heavy atom. The maximum absolute atomic E-state index is 11.9.